The molecule has 3 aromatic rings. The van der Waals surface area contributed by atoms with Gasteiger partial charge in [0.1, 0.15) is 0 Å². The predicted molar refractivity (Wildman–Crippen MR) is 112 cm³/mol. The van der Waals surface area contributed by atoms with Crippen LogP contribution in [0.4, 0.5) is 5.69 Å². The number of carbonyl (C=O) groups is 2. The Balaban J connectivity index is 1.64. The molecule has 0 unspecified atom stereocenters. The van der Waals surface area contributed by atoms with E-state index in [1.54, 1.807) is 24.3 Å². The van der Waals surface area contributed by atoms with Crippen LogP contribution in [-0.2, 0) is 28.0 Å². The van der Waals surface area contributed by atoms with Gasteiger partial charge in [-0.15, -0.1) is 0 Å². The molecule has 5 heteroatoms. The lowest BCUT2D eigenvalue weighted by Gasteiger charge is -2.28. The Kier molecular flexibility index (Phi) is 5.12. The molecule has 0 fully saturated rings. The molecule has 2 amide bonds. The highest BCUT2D eigenvalue weighted by molar-refractivity contribution is 6.09. The standard InChI is InChI=1S/C24H23N3O2/c1-27-21-12-6-5-11-20(21)24(23(27)29,14-18-8-3-2-4-9-18)15-22(28)26-17-19-10-7-13-25-16-19/h2-13,16H,14-15,17H2,1H3,(H,26,28)/t24-/m0/s1. The van der Waals surface area contributed by atoms with Crippen molar-refractivity contribution < 1.29 is 9.59 Å². The molecule has 5 nitrogen and oxygen atoms in total. The topological polar surface area (TPSA) is 62.3 Å². The van der Waals surface area contributed by atoms with Gasteiger partial charge in [-0.1, -0.05) is 54.6 Å². The van der Waals surface area contributed by atoms with E-state index < -0.39 is 5.41 Å². The van der Waals surface area contributed by atoms with Crippen LogP contribution in [0.5, 0.6) is 0 Å². The lowest BCUT2D eigenvalue weighted by molar-refractivity contribution is -0.129. The molecule has 1 aliphatic rings. The van der Waals surface area contributed by atoms with Crippen LogP contribution in [0.2, 0.25) is 0 Å². The van der Waals surface area contributed by atoms with Gasteiger partial charge in [0.25, 0.3) is 0 Å². The average molecular weight is 385 g/mol. The van der Waals surface area contributed by atoms with Crippen molar-refractivity contribution in [2.24, 2.45) is 0 Å². The first-order chi connectivity index (χ1) is 14.1. The van der Waals surface area contributed by atoms with Crippen molar-refractivity contribution in [1.29, 1.82) is 0 Å². The molecule has 1 N–H and O–H groups in total. The van der Waals surface area contributed by atoms with E-state index in [9.17, 15) is 9.59 Å². The first-order valence-electron chi connectivity index (χ1n) is 9.67. The molecule has 146 valence electrons. The van der Waals surface area contributed by atoms with Gasteiger partial charge in [-0.2, -0.15) is 0 Å². The summed E-state index contributed by atoms with van der Waals surface area (Å²) in [6.45, 7) is 0.389. The lowest BCUT2D eigenvalue weighted by atomic mass is 9.73. The highest BCUT2D eigenvalue weighted by Gasteiger charge is 2.50. The van der Waals surface area contributed by atoms with Crippen molar-refractivity contribution in [3.8, 4) is 0 Å². The van der Waals surface area contributed by atoms with Crippen LogP contribution in [0, 0.1) is 0 Å². The number of benzene rings is 2. The van der Waals surface area contributed by atoms with Gasteiger partial charge in [-0.3, -0.25) is 14.6 Å². The Morgan fingerprint density at radius 1 is 1.00 bits per heavy atom. The maximum absolute atomic E-state index is 13.4. The van der Waals surface area contributed by atoms with Gasteiger partial charge < -0.3 is 10.2 Å². The summed E-state index contributed by atoms with van der Waals surface area (Å²) in [6.07, 6.45) is 4.00. The van der Waals surface area contributed by atoms with Crippen LogP contribution in [0.3, 0.4) is 0 Å². The van der Waals surface area contributed by atoms with Crippen LogP contribution >= 0.6 is 0 Å². The molecule has 1 aromatic heterocycles. The number of nitrogens with one attached hydrogen (secondary N) is 1. The predicted octanol–water partition coefficient (Wildman–Crippen LogP) is 3.25. The average Bonchev–Trinajstić information content (AvgIpc) is 2.96. The lowest BCUT2D eigenvalue weighted by Crippen LogP contribution is -2.44. The molecule has 4 rings (SSSR count). The molecule has 0 spiro atoms. The fourth-order valence-electron chi connectivity index (χ4n) is 4.10. The van der Waals surface area contributed by atoms with Crippen LogP contribution < -0.4 is 10.2 Å². The summed E-state index contributed by atoms with van der Waals surface area (Å²) in [4.78, 5) is 32.1. The molecule has 2 aromatic carbocycles. The van der Waals surface area contributed by atoms with E-state index in [1.807, 2.05) is 66.7 Å². The third kappa shape index (κ3) is 3.63. The Hall–Kier alpha value is -3.47. The highest BCUT2D eigenvalue weighted by Crippen LogP contribution is 2.45. The summed E-state index contributed by atoms with van der Waals surface area (Å²) in [6, 6.07) is 21.4. The van der Waals surface area contributed by atoms with Crippen LogP contribution in [0.15, 0.2) is 79.1 Å². The van der Waals surface area contributed by atoms with Gasteiger partial charge in [0.05, 0.1) is 5.41 Å². The molecule has 1 aliphatic heterocycles. The summed E-state index contributed by atoms with van der Waals surface area (Å²) in [5.74, 6) is -0.192. The highest BCUT2D eigenvalue weighted by atomic mass is 16.2. The van der Waals surface area contributed by atoms with E-state index in [1.165, 1.54) is 0 Å². The monoisotopic (exact) mass is 385 g/mol. The van der Waals surface area contributed by atoms with Crippen molar-refractivity contribution in [3.63, 3.8) is 0 Å². The zero-order valence-corrected chi connectivity index (χ0v) is 16.3. The minimum atomic E-state index is -0.911. The summed E-state index contributed by atoms with van der Waals surface area (Å²) < 4.78 is 0. The Morgan fingerprint density at radius 3 is 2.48 bits per heavy atom. The zero-order chi connectivity index (χ0) is 20.3. The smallest absolute Gasteiger partial charge is 0.238 e. The number of rotatable bonds is 6. The third-order valence-corrected chi connectivity index (χ3v) is 5.52. The molecule has 0 saturated heterocycles. The first kappa shape index (κ1) is 18.9. The van der Waals surface area contributed by atoms with Gasteiger partial charge in [0, 0.05) is 38.1 Å². The first-order valence-corrected chi connectivity index (χ1v) is 9.67. The maximum atomic E-state index is 13.4. The minimum Gasteiger partial charge on any atom is -0.352 e. The van der Waals surface area contributed by atoms with E-state index >= 15 is 0 Å². The fraction of sp³-hybridized carbons (Fsp3) is 0.208. The summed E-state index contributed by atoms with van der Waals surface area (Å²) in [7, 11) is 1.78. The van der Waals surface area contributed by atoms with E-state index in [-0.39, 0.29) is 18.2 Å². The SMILES string of the molecule is CN1C(=O)[C@](CC(=O)NCc2cccnc2)(Cc2ccccc2)c2ccccc21. The quantitative estimate of drug-likeness (QED) is 0.709. The Labute approximate surface area is 170 Å². The van der Waals surface area contributed by atoms with Crippen LogP contribution in [-0.4, -0.2) is 23.8 Å². The van der Waals surface area contributed by atoms with Gasteiger partial charge in [-0.25, -0.2) is 0 Å². The number of amides is 2. The Morgan fingerprint density at radius 2 is 1.72 bits per heavy atom. The number of anilines is 1. The zero-order valence-electron chi connectivity index (χ0n) is 16.3. The molecule has 0 saturated carbocycles. The number of para-hydroxylation sites is 1. The van der Waals surface area contributed by atoms with Crippen LogP contribution in [0.25, 0.3) is 0 Å². The van der Waals surface area contributed by atoms with Gasteiger partial charge >= 0.3 is 0 Å². The number of carbonyl (C=O) groups excluding carboxylic acids is 2. The largest absolute Gasteiger partial charge is 0.352 e. The molecular formula is C24H23N3O2. The molecule has 0 radical (unpaired) electrons. The number of aromatic nitrogens is 1. The summed E-state index contributed by atoms with van der Waals surface area (Å²) in [5, 5.41) is 2.95. The van der Waals surface area contributed by atoms with Gasteiger partial charge in [0.2, 0.25) is 11.8 Å². The minimum absolute atomic E-state index is 0.0425. The van der Waals surface area contributed by atoms with Crippen molar-refractivity contribution in [2.45, 2.75) is 24.8 Å². The number of nitrogens with zero attached hydrogens (tertiary/aromatic N) is 2. The normalized spacial score (nSPS) is 17.8. The molecule has 1 atom stereocenters. The van der Waals surface area contributed by atoms with Crippen molar-refractivity contribution in [2.75, 3.05) is 11.9 Å². The van der Waals surface area contributed by atoms with E-state index in [4.69, 9.17) is 0 Å². The molecular weight excluding hydrogens is 362 g/mol. The van der Waals surface area contributed by atoms with Gasteiger partial charge in [-0.05, 0) is 35.2 Å². The molecule has 2 heterocycles. The summed E-state index contributed by atoms with van der Waals surface area (Å²) in [5.41, 5.74) is 2.83. The fourth-order valence-corrected chi connectivity index (χ4v) is 4.10. The third-order valence-electron chi connectivity index (χ3n) is 5.52. The van der Waals surface area contributed by atoms with Crippen molar-refractivity contribution in [1.82, 2.24) is 10.3 Å². The van der Waals surface area contributed by atoms with Crippen LogP contribution in [0.1, 0.15) is 23.1 Å². The second-order valence-electron chi connectivity index (χ2n) is 7.44. The van der Waals surface area contributed by atoms with E-state index in [0.717, 1.165) is 22.4 Å². The number of hydrogen-bond acceptors (Lipinski definition) is 3. The molecule has 0 bridgehead atoms. The second-order valence-corrected chi connectivity index (χ2v) is 7.44. The maximum Gasteiger partial charge on any atom is 0.238 e. The van der Waals surface area contributed by atoms with Crippen molar-refractivity contribution in [3.05, 3.63) is 95.8 Å². The number of hydrogen-bond donors (Lipinski definition) is 1. The van der Waals surface area contributed by atoms with Gasteiger partial charge in [0.15, 0.2) is 0 Å². The van der Waals surface area contributed by atoms with E-state index in [2.05, 4.69) is 10.3 Å². The number of likely N-dealkylation sites (N-methyl/N-ethyl adjacent to an activating group) is 1. The molecule has 29 heavy (non-hydrogen) atoms. The summed E-state index contributed by atoms with van der Waals surface area (Å²) >= 11 is 0. The molecule has 0 aliphatic carbocycles. The number of pyridine rings is 1. The van der Waals surface area contributed by atoms with Crippen molar-refractivity contribution >= 4 is 17.5 Å². The number of fused-ring (bicyclic) bond motifs is 1. The Bertz CT molecular complexity index is 1020. The van der Waals surface area contributed by atoms with E-state index in [0.29, 0.717) is 13.0 Å². The second kappa shape index (κ2) is 7.87.